The Bertz CT molecular complexity index is 1400. The third kappa shape index (κ3) is 4.58. The molecule has 2 atom stereocenters. The Morgan fingerprint density at radius 1 is 1.41 bits per heavy atom. The lowest BCUT2D eigenvalue weighted by Crippen LogP contribution is -2.53. The first-order valence-corrected chi connectivity index (χ1v) is 12.2. The first-order chi connectivity index (χ1) is 17.7. The summed E-state index contributed by atoms with van der Waals surface area (Å²) in [6.07, 6.45) is 2.09. The minimum absolute atomic E-state index is 0.0891. The summed E-state index contributed by atoms with van der Waals surface area (Å²) in [6.45, 7) is -3.23. The van der Waals surface area contributed by atoms with Gasteiger partial charge in [0.2, 0.25) is 0 Å². The molecule has 0 radical (unpaired) electrons. The Labute approximate surface area is 217 Å². The van der Waals surface area contributed by atoms with Crippen LogP contribution in [0.3, 0.4) is 0 Å². The molecule has 0 unspecified atom stereocenters. The summed E-state index contributed by atoms with van der Waals surface area (Å²) in [6, 6.07) is 4.41. The topological polar surface area (TPSA) is 105 Å². The van der Waals surface area contributed by atoms with Crippen LogP contribution in [0.15, 0.2) is 52.7 Å². The number of methoxy groups -OCH3 is 1. The van der Waals surface area contributed by atoms with Gasteiger partial charge in [-0.3, -0.25) is 4.99 Å². The van der Waals surface area contributed by atoms with Crippen LogP contribution in [0.5, 0.6) is 0 Å². The van der Waals surface area contributed by atoms with Crippen LogP contribution < -0.4 is 5.32 Å². The van der Waals surface area contributed by atoms with Gasteiger partial charge in [0, 0.05) is 46.1 Å². The number of benzene rings is 1. The number of thiazole rings is 1. The molecule has 2 aromatic heterocycles. The molecule has 0 aliphatic carbocycles. The number of aliphatic hydroxyl groups is 1. The van der Waals surface area contributed by atoms with Crippen molar-refractivity contribution in [2.24, 2.45) is 4.99 Å². The third-order valence-corrected chi connectivity index (χ3v) is 7.30. The molecule has 0 saturated carbocycles. The van der Waals surface area contributed by atoms with Crippen LogP contribution in [-0.4, -0.2) is 62.5 Å². The van der Waals surface area contributed by atoms with E-state index in [0.29, 0.717) is 32.4 Å². The van der Waals surface area contributed by atoms with Gasteiger partial charge in [0.25, 0.3) is 0 Å². The smallest absolute Gasteiger partial charge is 0.407 e. The SMILES string of the molecule is COC(=O)N[C@]1(CO)CC2=C(c3ccn(C(F)F)n3)[C@H](c3ccc(F)cc3Cl)N=C(c3nccs3)N2C1. The normalized spacial score (nSPS) is 21.3. The van der Waals surface area contributed by atoms with Crippen molar-refractivity contribution in [3.8, 4) is 0 Å². The number of hydrogen-bond donors (Lipinski definition) is 2. The summed E-state index contributed by atoms with van der Waals surface area (Å²) in [5.74, 6) is -0.122. The number of aromatic nitrogens is 3. The van der Waals surface area contributed by atoms with Crippen molar-refractivity contribution in [3.63, 3.8) is 0 Å². The van der Waals surface area contributed by atoms with E-state index in [1.807, 2.05) is 0 Å². The zero-order valence-corrected chi connectivity index (χ0v) is 20.8. The molecule has 1 saturated heterocycles. The molecule has 0 spiro atoms. The minimum atomic E-state index is -2.87. The predicted molar refractivity (Wildman–Crippen MR) is 130 cm³/mol. The lowest BCUT2D eigenvalue weighted by atomic mass is 9.90. The lowest BCUT2D eigenvalue weighted by molar-refractivity contribution is 0.0564. The van der Waals surface area contributed by atoms with E-state index in [9.17, 15) is 23.1 Å². The van der Waals surface area contributed by atoms with Crippen molar-refractivity contribution >= 4 is 40.4 Å². The number of aliphatic hydroxyl groups excluding tert-OH is 1. The van der Waals surface area contributed by atoms with Gasteiger partial charge in [-0.25, -0.2) is 18.9 Å². The average molecular weight is 553 g/mol. The number of alkyl halides is 2. The predicted octanol–water partition coefficient (Wildman–Crippen LogP) is 4.23. The largest absolute Gasteiger partial charge is 0.453 e. The number of amides is 1. The highest BCUT2D eigenvalue weighted by molar-refractivity contribution is 7.11. The van der Waals surface area contributed by atoms with E-state index in [1.54, 1.807) is 16.5 Å². The molecule has 9 nitrogen and oxygen atoms in total. The number of fused-ring (bicyclic) bond motifs is 1. The second kappa shape index (κ2) is 9.80. The van der Waals surface area contributed by atoms with Crippen LogP contribution in [0.2, 0.25) is 5.02 Å². The van der Waals surface area contributed by atoms with Gasteiger partial charge in [0.15, 0.2) is 10.8 Å². The second-order valence-corrected chi connectivity index (χ2v) is 9.80. The van der Waals surface area contributed by atoms with E-state index in [1.165, 1.54) is 36.6 Å². The van der Waals surface area contributed by atoms with Gasteiger partial charge in [0.1, 0.15) is 11.9 Å². The van der Waals surface area contributed by atoms with Crippen LogP contribution in [0.25, 0.3) is 5.57 Å². The lowest BCUT2D eigenvalue weighted by Gasteiger charge is -2.32. The second-order valence-electron chi connectivity index (χ2n) is 8.50. The molecule has 1 fully saturated rings. The van der Waals surface area contributed by atoms with Crippen molar-refractivity contribution in [1.29, 1.82) is 0 Å². The number of halogens is 4. The molecule has 5 rings (SSSR count). The van der Waals surface area contributed by atoms with E-state index in [0.717, 1.165) is 12.3 Å². The van der Waals surface area contributed by atoms with Gasteiger partial charge in [-0.1, -0.05) is 17.7 Å². The Morgan fingerprint density at radius 2 is 2.22 bits per heavy atom. The summed E-state index contributed by atoms with van der Waals surface area (Å²) in [4.78, 5) is 23.2. The Hall–Kier alpha value is -3.42. The van der Waals surface area contributed by atoms with Gasteiger partial charge in [-0.2, -0.15) is 13.9 Å². The summed E-state index contributed by atoms with van der Waals surface area (Å²) < 4.78 is 46.1. The molecule has 1 amide bonds. The maximum Gasteiger partial charge on any atom is 0.407 e. The molecule has 1 aromatic carbocycles. The summed E-state index contributed by atoms with van der Waals surface area (Å²) in [5.41, 5.74) is 0.428. The van der Waals surface area contributed by atoms with E-state index in [2.05, 4.69) is 15.4 Å². The highest BCUT2D eigenvalue weighted by Crippen LogP contribution is 2.48. The molecule has 2 N–H and O–H groups in total. The molecule has 2 aliphatic heterocycles. The number of aliphatic imine (C=N–C) groups is 1. The molecule has 194 valence electrons. The zero-order chi connectivity index (χ0) is 26.3. The monoisotopic (exact) mass is 552 g/mol. The van der Waals surface area contributed by atoms with E-state index >= 15 is 0 Å². The van der Waals surface area contributed by atoms with Crippen LogP contribution >= 0.6 is 22.9 Å². The highest BCUT2D eigenvalue weighted by atomic mass is 35.5. The first-order valence-electron chi connectivity index (χ1n) is 11.0. The maximum absolute atomic E-state index is 13.9. The molecule has 4 heterocycles. The highest BCUT2D eigenvalue weighted by Gasteiger charge is 2.48. The number of carbonyl (C=O) groups is 1. The molecule has 2 aliphatic rings. The van der Waals surface area contributed by atoms with Gasteiger partial charge >= 0.3 is 12.6 Å². The van der Waals surface area contributed by atoms with Crippen LogP contribution in [-0.2, 0) is 4.74 Å². The van der Waals surface area contributed by atoms with Gasteiger partial charge in [-0.15, -0.1) is 11.3 Å². The third-order valence-electron chi connectivity index (χ3n) is 6.20. The van der Waals surface area contributed by atoms with Crippen molar-refractivity contribution in [2.45, 2.75) is 24.6 Å². The Balaban J connectivity index is 1.75. The molecule has 0 bridgehead atoms. The Morgan fingerprint density at radius 3 is 2.84 bits per heavy atom. The fourth-order valence-corrected chi connectivity index (χ4v) is 5.47. The van der Waals surface area contributed by atoms with Crippen LogP contribution in [0, 0.1) is 5.82 Å². The minimum Gasteiger partial charge on any atom is -0.453 e. The van der Waals surface area contributed by atoms with Crippen molar-refractivity contribution in [1.82, 2.24) is 25.0 Å². The number of hydrogen-bond acceptors (Lipinski definition) is 8. The van der Waals surface area contributed by atoms with Crippen LogP contribution in [0.4, 0.5) is 18.0 Å². The summed E-state index contributed by atoms with van der Waals surface area (Å²) in [5, 5.41) is 19.5. The summed E-state index contributed by atoms with van der Waals surface area (Å²) >= 11 is 7.76. The number of nitrogens with one attached hydrogen (secondary N) is 1. The molecule has 14 heteroatoms. The Kier molecular flexibility index (Phi) is 6.68. The van der Waals surface area contributed by atoms with Crippen LogP contribution in [0.1, 0.15) is 35.3 Å². The fraction of sp³-hybridized carbons (Fsp3) is 0.304. The van der Waals surface area contributed by atoms with Crippen molar-refractivity contribution < 1.29 is 27.8 Å². The van der Waals surface area contributed by atoms with Gasteiger partial charge in [0.05, 0.1) is 31.5 Å². The molecule has 37 heavy (non-hydrogen) atoms. The number of alkyl carbamates (subject to hydrolysis) is 1. The average Bonchev–Trinajstić information content (AvgIpc) is 3.63. The van der Waals surface area contributed by atoms with Crippen molar-refractivity contribution in [3.05, 3.63) is 74.8 Å². The molecular formula is C23H20ClF3N6O3S. The number of carbonyl (C=O) groups excluding carboxylic acids is 1. The quantitative estimate of drug-likeness (QED) is 0.474. The van der Waals surface area contributed by atoms with Gasteiger partial charge in [-0.05, 0) is 18.2 Å². The number of amidine groups is 1. The standard InChI is InChI=1S/C23H20ClF3N6O3S/c1-36-22(35)30-23(11-34)9-16-17(15-4-6-33(31-15)21(26)27)18(13-3-2-12(25)8-14(13)24)29-19(32(16)10-23)20-28-5-7-37-20/h2-8,18,21,34H,9-11H2,1H3,(H,30,35)/t18-,23+/m0/s1. The molecule has 3 aromatic rings. The first kappa shape index (κ1) is 25.2. The fourth-order valence-electron chi connectivity index (χ4n) is 4.56. The zero-order valence-electron chi connectivity index (χ0n) is 19.2. The van der Waals surface area contributed by atoms with E-state index in [4.69, 9.17) is 21.3 Å². The number of nitrogens with zero attached hydrogens (tertiary/aromatic N) is 5. The maximum atomic E-state index is 13.9. The number of ether oxygens (including phenoxy) is 1. The summed E-state index contributed by atoms with van der Waals surface area (Å²) in [7, 11) is 1.21. The van der Waals surface area contributed by atoms with Crippen molar-refractivity contribution in [2.75, 3.05) is 20.3 Å². The van der Waals surface area contributed by atoms with E-state index in [-0.39, 0.29) is 23.7 Å². The molecular weight excluding hydrogens is 533 g/mol. The number of rotatable bonds is 6. The van der Waals surface area contributed by atoms with Gasteiger partial charge < -0.3 is 20.1 Å². The van der Waals surface area contributed by atoms with E-state index < -0.39 is 36.6 Å².